The third kappa shape index (κ3) is 3.16. The van der Waals surface area contributed by atoms with Gasteiger partial charge in [0.25, 0.3) is 0 Å². The van der Waals surface area contributed by atoms with Gasteiger partial charge < -0.3 is 5.73 Å². The van der Waals surface area contributed by atoms with E-state index in [2.05, 4.69) is 32.6 Å². The molecule has 0 spiro atoms. The van der Waals surface area contributed by atoms with Gasteiger partial charge in [-0.05, 0) is 62.4 Å². The Bertz CT molecular complexity index is 300. The first-order valence-corrected chi connectivity index (χ1v) is 8.35. The molecule has 3 unspecified atom stereocenters. The zero-order valence-electron chi connectivity index (χ0n) is 13.5. The molecule has 3 atom stereocenters. The van der Waals surface area contributed by atoms with Crippen LogP contribution in [0.15, 0.2) is 0 Å². The van der Waals surface area contributed by atoms with Crippen molar-refractivity contribution in [2.24, 2.45) is 23.0 Å². The molecule has 2 heteroatoms. The molecule has 2 nitrogen and oxygen atoms in total. The summed E-state index contributed by atoms with van der Waals surface area (Å²) in [6.45, 7) is 13.1. The van der Waals surface area contributed by atoms with Crippen molar-refractivity contribution in [1.82, 2.24) is 4.90 Å². The first kappa shape index (κ1) is 15.3. The number of nitrogens with zero attached hydrogens (tertiary/aromatic N) is 1. The van der Waals surface area contributed by atoms with Crippen LogP contribution in [0.2, 0.25) is 0 Å². The summed E-state index contributed by atoms with van der Waals surface area (Å²) in [6, 6.07) is 0. The first-order chi connectivity index (χ1) is 8.89. The Hall–Kier alpha value is -0.0800. The van der Waals surface area contributed by atoms with Gasteiger partial charge in [-0.15, -0.1) is 0 Å². The highest BCUT2D eigenvalue weighted by molar-refractivity contribution is 5.01. The van der Waals surface area contributed by atoms with Gasteiger partial charge in [0.15, 0.2) is 0 Å². The van der Waals surface area contributed by atoms with Crippen molar-refractivity contribution in [2.75, 3.05) is 19.6 Å². The van der Waals surface area contributed by atoms with E-state index >= 15 is 0 Å². The lowest BCUT2D eigenvalue weighted by Gasteiger charge is -2.52. The van der Waals surface area contributed by atoms with Crippen LogP contribution in [-0.2, 0) is 0 Å². The SMILES string of the molecule is CC1CCC(C)C(CN)(N2CCCC(C)(C)CC2)C1. The predicted molar refractivity (Wildman–Crippen MR) is 83.2 cm³/mol. The fraction of sp³-hybridized carbons (Fsp3) is 1.00. The second-order valence-corrected chi connectivity index (χ2v) is 8.10. The van der Waals surface area contributed by atoms with Gasteiger partial charge in [-0.25, -0.2) is 0 Å². The van der Waals surface area contributed by atoms with E-state index in [1.807, 2.05) is 0 Å². The zero-order valence-corrected chi connectivity index (χ0v) is 13.5. The molecule has 0 aromatic carbocycles. The Morgan fingerprint density at radius 1 is 1.11 bits per heavy atom. The molecule has 19 heavy (non-hydrogen) atoms. The summed E-state index contributed by atoms with van der Waals surface area (Å²) < 4.78 is 0. The largest absolute Gasteiger partial charge is 0.329 e. The molecule has 1 aliphatic carbocycles. The van der Waals surface area contributed by atoms with Crippen molar-refractivity contribution >= 4 is 0 Å². The standard InChI is InChI=1S/C17H34N2/c1-14-6-7-15(2)17(12-14,13-18)19-10-5-8-16(3,4)9-11-19/h14-15H,5-13,18H2,1-4H3. The maximum Gasteiger partial charge on any atom is 0.0359 e. The minimum atomic E-state index is 0.290. The van der Waals surface area contributed by atoms with Crippen LogP contribution in [0.5, 0.6) is 0 Å². The van der Waals surface area contributed by atoms with E-state index in [0.717, 1.165) is 18.4 Å². The van der Waals surface area contributed by atoms with Crippen molar-refractivity contribution in [1.29, 1.82) is 0 Å². The molecule has 2 fully saturated rings. The highest BCUT2D eigenvalue weighted by Crippen LogP contribution is 2.42. The van der Waals surface area contributed by atoms with Crippen molar-refractivity contribution in [2.45, 2.75) is 71.8 Å². The Morgan fingerprint density at radius 2 is 1.84 bits per heavy atom. The molecule has 2 aliphatic rings. The predicted octanol–water partition coefficient (Wildman–Crippen LogP) is 3.65. The van der Waals surface area contributed by atoms with Crippen molar-refractivity contribution in [3.63, 3.8) is 0 Å². The van der Waals surface area contributed by atoms with Gasteiger partial charge in [0, 0.05) is 12.1 Å². The van der Waals surface area contributed by atoms with Gasteiger partial charge >= 0.3 is 0 Å². The second kappa shape index (κ2) is 5.73. The minimum absolute atomic E-state index is 0.290. The second-order valence-electron chi connectivity index (χ2n) is 8.10. The van der Waals surface area contributed by atoms with Crippen LogP contribution in [-0.4, -0.2) is 30.1 Å². The average Bonchev–Trinajstić information content (AvgIpc) is 2.54. The van der Waals surface area contributed by atoms with Crippen LogP contribution in [0, 0.1) is 17.3 Å². The first-order valence-electron chi connectivity index (χ1n) is 8.35. The van der Waals surface area contributed by atoms with E-state index in [-0.39, 0.29) is 5.54 Å². The average molecular weight is 266 g/mol. The lowest BCUT2D eigenvalue weighted by Crippen LogP contribution is -2.60. The van der Waals surface area contributed by atoms with Crippen molar-refractivity contribution < 1.29 is 0 Å². The van der Waals surface area contributed by atoms with E-state index in [0.29, 0.717) is 5.41 Å². The lowest BCUT2D eigenvalue weighted by molar-refractivity contribution is -0.00322. The fourth-order valence-electron chi connectivity index (χ4n) is 4.43. The zero-order chi connectivity index (χ0) is 14.1. The Labute approximate surface area is 120 Å². The van der Waals surface area contributed by atoms with Crippen LogP contribution < -0.4 is 5.73 Å². The quantitative estimate of drug-likeness (QED) is 0.826. The van der Waals surface area contributed by atoms with E-state index in [1.165, 1.54) is 51.6 Å². The molecule has 0 radical (unpaired) electrons. The maximum atomic E-state index is 6.30. The van der Waals surface area contributed by atoms with Gasteiger partial charge in [-0.2, -0.15) is 0 Å². The molecule has 0 bridgehead atoms. The van der Waals surface area contributed by atoms with Gasteiger partial charge in [0.2, 0.25) is 0 Å². The monoisotopic (exact) mass is 266 g/mol. The highest BCUT2D eigenvalue weighted by Gasteiger charge is 2.44. The Balaban J connectivity index is 2.15. The van der Waals surface area contributed by atoms with E-state index in [1.54, 1.807) is 0 Å². The maximum absolute atomic E-state index is 6.30. The number of hydrogen-bond donors (Lipinski definition) is 1. The molecule has 0 amide bonds. The molecule has 2 N–H and O–H groups in total. The summed E-state index contributed by atoms with van der Waals surface area (Å²) >= 11 is 0. The molecule has 1 heterocycles. The van der Waals surface area contributed by atoms with E-state index in [4.69, 9.17) is 5.73 Å². The number of likely N-dealkylation sites (tertiary alicyclic amines) is 1. The minimum Gasteiger partial charge on any atom is -0.329 e. The van der Waals surface area contributed by atoms with Gasteiger partial charge in [0.05, 0.1) is 0 Å². The van der Waals surface area contributed by atoms with Crippen LogP contribution in [0.4, 0.5) is 0 Å². The smallest absolute Gasteiger partial charge is 0.0359 e. The van der Waals surface area contributed by atoms with E-state index < -0.39 is 0 Å². The molecular formula is C17H34N2. The fourth-order valence-corrected chi connectivity index (χ4v) is 4.43. The molecular weight excluding hydrogens is 232 g/mol. The van der Waals surface area contributed by atoms with Gasteiger partial charge in [-0.3, -0.25) is 4.90 Å². The summed E-state index contributed by atoms with van der Waals surface area (Å²) in [6.07, 6.45) is 8.10. The summed E-state index contributed by atoms with van der Waals surface area (Å²) in [4.78, 5) is 2.78. The molecule has 1 saturated carbocycles. The van der Waals surface area contributed by atoms with Gasteiger partial charge in [-0.1, -0.05) is 34.1 Å². The summed E-state index contributed by atoms with van der Waals surface area (Å²) in [5.41, 5.74) is 7.11. The van der Waals surface area contributed by atoms with Gasteiger partial charge in [0.1, 0.15) is 0 Å². The van der Waals surface area contributed by atoms with Crippen LogP contribution >= 0.6 is 0 Å². The number of nitrogens with two attached hydrogens (primary N) is 1. The summed E-state index contributed by atoms with van der Waals surface area (Å²) in [5.74, 6) is 1.60. The van der Waals surface area contributed by atoms with Crippen molar-refractivity contribution in [3.05, 3.63) is 0 Å². The molecule has 112 valence electrons. The van der Waals surface area contributed by atoms with Crippen LogP contribution in [0.25, 0.3) is 0 Å². The summed E-state index contributed by atoms with van der Waals surface area (Å²) in [5, 5.41) is 0. The molecule has 1 aliphatic heterocycles. The van der Waals surface area contributed by atoms with E-state index in [9.17, 15) is 0 Å². The number of rotatable bonds is 2. The Kier molecular flexibility index (Phi) is 4.62. The third-order valence-electron chi connectivity index (χ3n) is 6.04. The normalized spacial score (nSPS) is 40.9. The van der Waals surface area contributed by atoms with Crippen molar-refractivity contribution in [3.8, 4) is 0 Å². The van der Waals surface area contributed by atoms with Crippen LogP contribution in [0.1, 0.15) is 66.2 Å². The topological polar surface area (TPSA) is 29.3 Å². The Morgan fingerprint density at radius 3 is 2.53 bits per heavy atom. The third-order valence-corrected chi connectivity index (χ3v) is 6.04. The molecule has 0 aromatic heterocycles. The summed E-state index contributed by atoms with van der Waals surface area (Å²) in [7, 11) is 0. The molecule has 0 aromatic rings. The number of hydrogen-bond acceptors (Lipinski definition) is 2. The lowest BCUT2D eigenvalue weighted by atomic mass is 9.68. The molecule has 1 saturated heterocycles. The van der Waals surface area contributed by atoms with Crippen LogP contribution in [0.3, 0.4) is 0 Å². The molecule has 2 rings (SSSR count). The highest BCUT2D eigenvalue weighted by atomic mass is 15.2.